The van der Waals surface area contributed by atoms with Gasteiger partial charge in [-0.25, -0.2) is 0 Å². The molecule has 0 heterocycles. The summed E-state index contributed by atoms with van der Waals surface area (Å²) < 4.78 is 5.16. The van der Waals surface area contributed by atoms with Crippen LogP contribution in [0.3, 0.4) is 0 Å². The summed E-state index contributed by atoms with van der Waals surface area (Å²) in [5.41, 5.74) is 1.24. The van der Waals surface area contributed by atoms with Crippen molar-refractivity contribution >= 4 is 11.6 Å². The van der Waals surface area contributed by atoms with Gasteiger partial charge < -0.3 is 10.1 Å². The van der Waals surface area contributed by atoms with Gasteiger partial charge in [-0.1, -0.05) is 30.7 Å². The van der Waals surface area contributed by atoms with Crippen molar-refractivity contribution in [2.75, 3.05) is 20.3 Å². The Labute approximate surface area is 96.6 Å². The zero-order valence-corrected chi connectivity index (χ0v) is 10.1. The van der Waals surface area contributed by atoms with Crippen molar-refractivity contribution in [3.05, 3.63) is 34.9 Å². The zero-order chi connectivity index (χ0) is 11.1. The third-order valence-corrected chi connectivity index (χ3v) is 2.47. The number of nitrogens with one attached hydrogen (secondary N) is 1. The average molecular weight is 228 g/mol. The van der Waals surface area contributed by atoms with Gasteiger partial charge in [0.1, 0.15) is 0 Å². The van der Waals surface area contributed by atoms with Gasteiger partial charge in [0.2, 0.25) is 0 Å². The minimum absolute atomic E-state index is 0.360. The molecule has 0 spiro atoms. The highest BCUT2D eigenvalue weighted by Gasteiger charge is 2.07. The third kappa shape index (κ3) is 4.65. The zero-order valence-electron chi connectivity index (χ0n) is 9.29. The Morgan fingerprint density at radius 3 is 2.87 bits per heavy atom. The first-order valence-corrected chi connectivity index (χ1v) is 5.60. The maximum Gasteiger partial charge on any atom is 0.0619 e. The predicted molar refractivity (Wildman–Crippen MR) is 64.5 cm³/mol. The quantitative estimate of drug-likeness (QED) is 0.807. The maximum absolute atomic E-state index is 5.93. The fourth-order valence-corrected chi connectivity index (χ4v) is 1.84. The lowest BCUT2D eigenvalue weighted by atomic mass is 10.1. The molecule has 2 nitrogen and oxygen atoms in total. The van der Waals surface area contributed by atoms with E-state index < -0.39 is 0 Å². The Morgan fingerprint density at radius 2 is 2.27 bits per heavy atom. The van der Waals surface area contributed by atoms with E-state index in [1.54, 1.807) is 7.11 Å². The van der Waals surface area contributed by atoms with Gasteiger partial charge >= 0.3 is 0 Å². The molecule has 0 fully saturated rings. The Morgan fingerprint density at radius 1 is 1.47 bits per heavy atom. The molecule has 0 radical (unpaired) electrons. The second-order valence-corrected chi connectivity index (χ2v) is 3.98. The molecule has 1 unspecified atom stereocenters. The molecule has 1 aromatic carbocycles. The molecule has 0 aliphatic rings. The minimum atomic E-state index is 0.360. The van der Waals surface area contributed by atoms with Crippen molar-refractivity contribution in [2.45, 2.75) is 19.4 Å². The van der Waals surface area contributed by atoms with Crippen LogP contribution in [0.25, 0.3) is 0 Å². The Kier molecular flexibility index (Phi) is 5.69. The second-order valence-electron chi connectivity index (χ2n) is 3.54. The van der Waals surface area contributed by atoms with E-state index in [9.17, 15) is 0 Å². The number of hydrogen-bond donors (Lipinski definition) is 1. The van der Waals surface area contributed by atoms with Crippen LogP contribution >= 0.6 is 11.6 Å². The van der Waals surface area contributed by atoms with E-state index in [-0.39, 0.29) is 0 Å². The summed E-state index contributed by atoms with van der Waals surface area (Å²) in [6.07, 6.45) is 0.947. The highest BCUT2D eigenvalue weighted by atomic mass is 35.5. The van der Waals surface area contributed by atoms with Gasteiger partial charge in [-0.3, -0.25) is 0 Å². The molecule has 3 heteroatoms. The van der Waals surface area contributed by atoms with Crippen molar-refractivity contribution in [3.8, 4) is 0 Å². The number of methoxy groups -OCH3 is 1. The van der Waals surface area contributed by atoms with Crippen LogP contribution in [0.4, 0.5) is 0 Å². The SMILES string of the molecule is CCNC(COC)Cc1cccc(Cl)c1. The summed E-state index contributed by atoms with van der Waals surface area (Å²) in [7, 11) is 1.72. The fourth-order valence-electron chi connectivity index (χ4n) is 1.63. The van der Waals surface area contributed by atoms with Gasteiger partial charge in [0.15, 0.2) is 0 Å². The lowest BCUT2D eigenvalue weighted by molar-refractivity contribution is 0.167. The van der Waals surface area contributed by atoms with E-state index in [1.165, 1.54) is 5.56 Å². The van der Waals surface area contributed by atoms with Gasteiger partial charge in [-0.15, -0.1) is 0 Å². The molecule has 0 aliphatic heterocycles. The first kappa shape index (κ1) is 12.5. The van der Waals surface area contributed by atoms with Crippen LogP contribution in [0.1, 0.15) is 12.5 Å². The van der Waals surface area contributed by atoms with Gasteiger partial charge in [-0.05, 0) is 30.7 Å². The van der Waals surface area contributed by atoms with E-state index in [1.807, 2.05) is 18.2 Å². The smallest absolute Gasteiger partial charge is 0.0619 e. The minimum Gasteiger partial charge on any atom is -0.383 e. The molecule has 1 N–H and O–H groups in total. The average Bonchev–Trinajstić information content (AvgIpc) is 2.18. The van der Waals surface area contributed by atoms with Crippen molar-refractivity contribution in [3.63, 3.8) is 0 Å². The molecular weight excluding hydrogens is 210 g/mol. The van der Waals surface area contributed by atoms with Crippen LogP contribution in [-0.2, 0) is 11.2 Å². The van der Waals surface area contributed by atoms with E-state index in [0.29, 0.717) is 6.04 Å². The molecule has 0 aliphatic carbocycles. The Balaban J connectivity index is 2.56. The predicted octanol–water partition coefficient (Wildman–Crippen LogP) is 2.51. The van der Waals surface area contributed by atoms with Crippen molar-refractivity contribution in [1.82, 2.24) is 5.32 Å². The Hall–Kier alpha value is -0.570. The lowest BCUT2D eigenvalue weighted by Crippen LogP contribution is -2.34. The van der Waals surface area contributed by atoms with Gasteiger partial charge in [0.05, 0.1) is 6.61 Å². The molecular formula is C12H18ClNO. The summed E-state index contributed by atoms with van der Waals surface area (Å²) in [6.45, 7) is 3.77. The Bertz CT molecular complexity index is 285. The number of rotatable bonds is 6. The molecule has 0 aromatic heterocycles. The van der Waals surface area contributed by atoms with Crippen LogP contribution in [0.2, 0.25) is 5.02 Å². The summed E-state index contributed by atoms with van der Waals surface area (Å²) in [5.74, 6) is 0. The summed E-state index contributed by atoms with van der Waals surface area (Å²) in [5, 5.41) is 4.18. The molecule has 84 valence electrons. The second kappa shape index (κ2) is 6.83. The monoisotopic (exact) mass is 227 g/mol. The van der Waals surface area contributed by atoms with Crippen LogP contribution in [-0.4, -0.2) is 26.3 Å². The van der Waals surface area contributed by atoms with Crippen molar-refractivity contribution in [1.29, 1.82) is 0 Å². The molecule has 0 amide bonds. The van der Waals surface area contributed by atoms with Gasteiger partial charge in [-0.2, -0.15) is 0 Å². The van der Waals surface area contributed by atoms with E-state index in [0.717, 1.165) is 24.6 Å². The maximum atomic E-state index is 5.93. The van der Waals surface area contributed by atoms with Crippen molar-refractivity contribution in [2.24, 2.45) is 0 Å². The van der Waals surface area contributed by atoms with E-state index in [2.05, 4.69) is 18.3 Å². The van der Waals surface area contributed by atoms with E-state index in [4.69, 9.17) is 16.3 Å². The highest BCUT2D eigenvalue weighted by molar-refractivity contribution is 6.30. The number of halogens is 1. The van der Waals surface area contributed by atoms with Crippen LogP contribution in [0, 0.1) is 0 Å². The van der Waals surface area contributed by atoms with Gasteiger partial charge in [0, 0.05) is 18.2 Å². The summed E-state index contributed by atoms with van der Waals surface area (Å²) in [4.78, 5) is 0. The number of likely N-dealkylation sites (N-methyl/N-ethyl adjacent to an activating group) is 1. The summed E-state index contributed by atoms with van der Waals surface area (Å²) >= 11 is 5.93. The molecule has 1 rings (SSSR count). The van der Waals surface area contributed by atoms with E-state index >= 15 is 0 Å². The lowest BCUT2D eigenvalue weighted by Gasteiger charge is -2.16. The first-order valence-electron chi connectivity index (χ1n) is 5.23. The third-order valence-electron chi connectivity index (χ3n) is 2.23. The highest BCUT2D eigenvalue weighted by Crippen LogP contribution is 2.12. The van der Waals surface area contributed by atoms with Crippen LogP contribution < -0.4 is 5.32 Å². The standard InChI is InChI=1S/C12H18ClNO/c1-3-14-12(9-15-2)8-10-5-4-6-11(13)7-10/h4-7,12,14H,3,8-9H2,1-2H3. The molecule has 0 bridgehead atoms. The molecule has 1 aromatic rings. The molecule has 15 heavy (non-hydrogen) atoms. The van der Waals surface area contributed by atoms with Crippen LogP contribution in [0.5, 0.6) is 0 Å². The summed E-state index contributed by atoms with van der Waals surface area (Å²) in [6, 6.07) is 8.32. The molecule has 0 saturated carbocycles. The topological polar surface area (TPSA) is 21.3 Å². The number of benzene rings is 1. The van der Waals surface area contributed by atoms with Crippen molar-refractivity contribution < 1.29 is 4.74 Å². The first-order chi connectivity index (χ1) is 7.26. The largest absolute Gasteiger partial charge is 0.383 e. The number of hydrogen-bond acceptors (Lipinski definition) is 2. The van der Waals surface area contributed by atoms with Crippen LogP contribution in [0.15, 0.2) is 24.3 Å². The molecule has 0 saturated heterocycles. The fraction of sp³-hybridized carbons (Fsp3) is 0.500. The molecule has 1 atom stereocenters. The number of ether oxygens (including phenoxy) is 1. The van der Waals surface area contributed by atoms with Gasteiger partial charge in [0.25, 0.3) is 0 Å². The normalized spacial score (nSPS) is 12.7.